The van der Waals surface area contributed by atoms with Crippen LogP contribution in [0.15, 0.2) is 97.1 Å². The molecule has 0 spiro atoms. The van der Waals surface area contributed by atoms with Gasteiger partial charge in [0, 0.05) is 36.9 Å². The lowest BCUT2D eigenvalue weighted by molar-refractivity contribution is -0.116. The molecule has 4 aliphatic rings. The molecule has 284 valence electrons. The van der Waals surface area contributed by atoms with Gasteiger partial charge < -0.3 is 24.3 Å². The number of anilines is 1. The van der Waals surface area contributed by atoms with E-state index in [0.717, 1.165) is 82.7 Å². The van der Waals surface area contributed by atoms with E-state index in [4.69, 9.17) is 18.9 Å². The van der Waals surface area contributed by atoms with Crippen LogP contribution >= 0.6 is 0 Å². The number of amides is 1. The molecule has 0 bridgehead atoms. The molecule has 1 aliphatic heterocycles. The molecule has 1 saturated heterocycles. The number of carbonyl (C=O) groups excluding carboxylic acids is 1. The summed E-state index contributed by atoms with van der Waals surface area (Å²) in [6.07, 6.45) is 6.02. The van der Waals surface area contributed by atoms with Crippen molar-refractivity contribution in [3.8, 4) is 11.5 Å². The van der Waals surface area contributed by atoms with E-state index in [2.05, 4.69) is 71.7 Å². The summed E-state index contributed by atoms with van der Waals surface area (Å²) >= 11 is 0. The standard InChI is InChI=1S/C46H53FN2O5/c1-46-29-42(54-36-16-20-41(40(47)28-36)48-44(50)13-8-22-49-23-25-51-26-24-49)45-37-18-15-35(52-30-32-9-4-2-5-10-32)27-34(37)14-17-38(45)39(46)19-21-43(46)53-31-33-11-6-3-7-12-33/h2-7,9-12,15-16,18,20,27-28,38-39,42-43,45H,8,13-14,17,19,21-26,29-31H2,1H3,(H,48,50)/t38-,39-,42-,43-,45+,46-/m0/s1. The Hall–Kier alpha value is -4.24. The Morgan fingerprint density at radius 2 is 1.63 bits per heavy atom. The van der Waals surface area contributed by atoms with Crippen molar-refractivity contribution < 1.29 is 28.1 Å². The van der Waals surface area contributed by atoms with Crippen molar-refractivity contribution in [3.63, 3.8) is 0 Å². The number of nitrogens with zero attached hydrogens (tertiary/aromatic N) is 1. The molecule has 4 aromatic rings. The molecule has 8 heteroatoms. The Morgan fingerprint density at radius 1 is 0.889 bits per heavy atom. The van der Waals surface area contributed by atoms with Crippen LogP contribution in [0.3, 0.4) is 0 Å². The van der Waals surface area contributed by atoms with Crippen LogP contribution in [0.25, 0.3) is 0 Å². The largest absolute Gasteiger partial charge is 0.490 e. The number of hydrogen-bond acceptors (Lipinski definition) is 6. The van der Waals surface area contributed by atoms with Gasteiger partial charge in [-0.15, -0.1) is 0 Å². The van der Waals surface area contributed by atoms with Crippen molar-refractivity contribution >= 4 is 11.6 Å². The maximum Gasteiger partial charge on any atom is 0.224 e. The Morgan fingerprint density at radius 3 is 2.39 bits per heavy atom. The van der Waals surface area contributed by atoms with Crippen LogP contribution in [0.5, 0.6) is 11.5 Å². The zero-order valence-electron chi connectivity index (χ0n) is 31.4. The molecule has 0 unspecified atom stereocenters. The molecule has 8 rings (SSSR count). The zero-order chi connectivity index (χ0) is 36.9. The average Bonchev–Trinajstić information content (AvgIpc) is 3.53. The fraction of sp³-hybridized carbons (Fsp3) is 0.457. The number of halogens is 1. The molecule has 7 nitrogen and oxygen atoms in total. The van der Waals surface area contributed by atoms with E-state index in [0.29, 0.717) is 37.2 Å². The molecular formula is C46H53FN2O5. The minimum absolute atomic E-state index is 0.0788. The first-order valence-electron chi connectivity index (χ1n) is 19.9. The van der Waals surface area contributed by atoms with E-state index in [1.807, 2.05) is 24.3 Å². The van der Waals surface area contributed by atoms with Crippen LogP contribution in [-0.2, 0) is 33.9 Å². The number of carbonyl (C=O) groups is 1. The van der Waals surface area contributed by atoms with Gasteiger partial charge in [-0.1, -0.05) is 73.7 Å². The molecule has 1 heterocycles. The number of hydrogen-bond donors (Lipinski definition) is 1. The maximum absolute atomic E-state index is 15.7. The highest BCUT2D eigenvalue weighted by molar-refractivity contribution is 5.90. The molecule has 1 N–H and O–H groups in total. The van der Waals surface area contributed by atoms with E-state index in [1.54, 1.807) is 12.1 Å². The van der Waals surface area contributed by atoms with Gasteiger partial charge in [0.05, 0.1) is 31.6 Å². The van der Waals surface area contributed by atoms with Gasteiger partial charge in [0.15, 0.2) is 0 Å². The van der Waals surface area contributed by atoms with Gasteiger partial charge in [0.1, 0.15) is 30.0 Å². The molecule has 54 heavy (non-hydrogen) atoms. The summed E-state index contributed by atoms with van der Waals surface area (Å²) in [5, 5.41) is 2.79. The van der Waals surface area contributed by atoms with E-state index >= 15 is 4.39 Å². The van der Waals surface area contributed by atoms with Gasteiger partial charge in [-0.05, 0) is 103 Å². The van der Waals surface area contributed by atoms with E-state index in [-0.39, 0.29) is 35.1 Å². The number of morpholine rings is 1. The number of nitrogens with one attached hydrogen (secondary N) is 1. The van der Waals surface area contributed by atoms with Crippen molar-refractivity contribution in [3.05, 3.63) is 125 Å². The lowest BCUT2D eigenvalue weighted by atomic mass is 9.54. The third-order valence-electron chi connectivity index (χ3n) is 12.6. The van der Waals surface area contributed by atoms with Crippen LogP contribution in [0.4, 0.5) is 10.1 Å². The summed E-state index contributed by atoms with van der Waals surface area (Å²) in [4.78, 5) is 15.1. The second-order valence-corrected chi connectivity index (χ2v) is 15.9. The number of aryl methyl sites for hydroxylation is 1. The monoisotopic (exact) mass is 732 g/mol. The van der Waals surface area contributed by atoms with Crippen LogP contribution < -0.4 is 14.8 Å². The quantitative estimate of drug-likeness (QED) is 0.148. The van der Waals surface area contributed by atoms with Gasteiger partial charge in [-0.2, -0.15) is 0 Å². The first kappa shape index (κ1) is 36.7. The topological polar surface area (TPSA) is 69.3 Å². The second-order valence-electron chi connectivity index (χ2n) is 15.9. The SMILES string of the molecule is C[C@]12C[C@H](Oc3ccc(NC(=O)CCCN4CCOCC4)c(F)c3)[C@@H]3c4ccc(OCc5ccccc5)cc4CC[C@H]3[C@@H]1CC[C@@H]2OCc1ccccc1. The Bertz CT molecular complexity index is 1870. The third kappa shape index (κ3) is 8.21. The van der Waals surface area contributed by atoms with E-state index in [1.165, 1.54) is 22.8 Å². The number of ether oxygens (including phenoxy) is 4. The molecule has 0 aromatic heterocycles. The Labute approximate surface area is 319 Å². The predicted molar refractivity (Wildman–Crippen MR) is 208 cm³/mol. The normalized spacial score (nSPS) is 26.3. The van der Waals surface area contributed by atoms with Gasteiger partial charge in [0.25, 0.3) is 0 Å². The summed E-state index contributed by atoms with van der Waals surface area (Å²) in [6.45, 7) is 7.59. The zero-order valence-corrected chi connectivity index (χ0v) is 31.4. The Balaban J connectivity index is 1.00. The van der Waals surface area contributed by atoms with Gasteiger partial charge in [0.2, 0.25) is 5.91 Å². The fourth-order valence-corrected chi connectivity index (χ4v) is 9.90. The summed E-state index contributed by atoms with van der Waals surface area (Å²) in [5.74, 6) is 1.78. The van der Waals surface area contributed by atoms with Gasteiger partial charge >= 0.3 is 0 Å². The Kier molecular flexibility index (Phi) is 11.3. The minimum Gasteiger partial charge on any atom is -0.490 e. The summed E-state index contributed by atoms with van der Waals surface area (Å²) in [7, 11) is 0. The van der Waals surface area contributed by atoms with Crippen molar-refractivity contribution in [2.75, 3.05) is 38.2 Å². The number of fused-ring (bicyclic) bond motifs is 5. The maximum atomic E-state index is 15.7. The smallest absolute Gasteiger partial charge is 0.224 e. The number of rotatable bonds is 13. The molecule has 4 aromatic carbocycles. The average molecular weight is 733 g/mol. The fourth-order valence-electron chi connectivity index (χ4n) is 9.90. The highest BCUT2D eigenvalue weighted by Crippen LogP contribution is 2.62. The van der Waals surface area contributed by atoms with Crippen LogP contribution in [-0.4, -0.2) is 55.9 Å². The highest BCUT2D eigenvalue weighted by atomic mass is 19.1. The molecular weight excluding hydrogens is 680 g/mol. The van der Waals surface area contributed by atoms with Crippen molar-refractivity contribution in [1.29, 1.82) is 0 Å². The minimum atomic E-state index is -0.486. The second kappa shape index (κ2) is 16.6. The highest BCUT2D eigenvalue weighted by Gasteiger charge is 2.59. The molecule has 2 saturated carbocycles. The third-order valence-corrected chi connectivity index (χ3v) is 12.6. The summed E-state index contributed by atoms with van der Waals surface area (Å²) in [5.41, 5.74) is 5.06. The van der Waals surface area contributed by atoms with E-state index in [9.17, 15) is 4.79 Å². The molecule has 3 aliphatic carbocycles. The molecule has 0 radical (unpaired) electrons. The van der Waals surface area contributed by atoms with Crippen LogP contribution in [0, 0.1) is 23.1 Å². The lowest BCUT2D eigenvalue weighted by Gasteiger charge is -2.53. The molecule has 6 atom stereocenters. The van der Waals surface area contributed by atoms with Crippen molar-refractivity contribution in [1.82, 2.24) is 4.90 Å². The molecule has 1 amide bonds. The van der Waals surface area contributed by atoms with Crippen molar-refractivity contribution in [2.24, 2.45) is 17.3 Å². The van der Waals surface area contributed by atoms with Gasteiger partial charge in [-0.3, -0.25) is 9.69 Å². The van der Waals surface area contributed by atoms with Crippen LogP contribution in [0.2, 0.25) is 0 Å². The first-order valence-corrected chi connectivity index (χ1v) is 19.9. The van der Waals surface area contributed by atoms with Crippen LogP contribution in [0.1, 0.15) is 73.6 Å². The first-order chi connectivity index (χ1) is 26.4. The van der Waals surface area contributed by atoms with E-state index < -0.39 is 5.82 Å². The molecule has 3 fully saturated rings. The lowest BCUT2D eigenvalue weighted by Crippen LogP contribution is -2.52. The van der Waals surface area contributed by atoms with Gasteiger partial charge in [-0.25, -0.2) is 4.39 Å². The predicted octanol–water partition coefficient (Wildman–Crippen LogP) is 8.95. The summed E-state index contributed by atoms with van der Waals surface area (Å²) in [6, 6.07) is 32.1. The van der Waals surface area contributed by atoms with Crippen molar-refractivity contribution in [2.45, 2.75) is 83.2 Å². The summed E-state index contributed by atoms with van der Waals surface area (Å²) < 4.78 is 41.0. The number of benzene rings is 4.